The van der Waals surface area contributed by atoms with Crippen molar-refractivity contribution in [3.63, 3.8) is 0 Å². The maximum atomic E-state index is 12.1. The molecule has 26 heavy (non-hydrogen) atoms. The summed E-state index contributed by atoms with van der Waals surface area (Å²) in [4.78, 5) is 12.1. The Balaban J connectivity index is 2.10. The van der Waals surface area contributed by atoms with E-state index in [2.05, 4.69) is 15.9 Å². The van der Waals surface area contributed by atoms with E-state index >= 15 is 0 Å². The molecule has 5 heteroatoms. The van der Waals surface area contributed by atoms with Gasteiger partial charge in [0.25, 0.3) is 0 Å². The number of aliphatic hydroxyl groups is 1. The van der Waals surface area contributed by atoms with E-state index in [1.807, 2.05) is 63.2 Å². The second kappa shape index (κ2) is 8.69. The van der Waals surface area contributed by atoms with Crippen LogP contribution in [0.4, 0.5) is 0 Å². The summed E-state index contributed by atoms with van der Waals surface area (Å²) in [5, 5.41) is 9.78. The van der Waals surface area contributed by atoms with Crippen molar-refractivity contribution in [2.75, 3.05) is 0 Å². The first kappa shape index (κ1) is 20.5. The van der Waals surface area contributed by atoms with Crippen molar-refractivity contribution in [3.05, 3.63) is 63.6 Å². The Morgan fingerprint density at radius 1 is 1.19 bits per heavy atom. The average Bonchev–Trinajstić information content (AvgIpc) is 2.51. The van der Waals surface area contributed by atoms with E-state index in [0.29, 0.717) is 12.4 Å². The van der Waals surface area contributed by atoms with Gasteiger partial charge in [0, 0.05) is 10.0 Å². The van der Waals surface area contributed by atoms with Crippen molar-refractivity contribution >= 4 is 21.9 Å². The van der Waals surface area contributed by atoms with E-state index < -0.39 is 11.7 Å². The fraction of sp³-hybridized carbons (Fsp3) is 0.381. The maximum absolute atomic E-state index is 12.1. The quantitative estimate of drug-likeness (QED) is 0.670. The topological polar surface area (TPSA) is 55.8 Å². The summed E-state index contributed by atoms with van der Waals surface area (Å²) in [5.74, 6) is 0.365. The number of esters is 1. The van der Waals surface area contributed by atoms with Gasteiger partial charge in [-0.25, -0.2) is 0 Å². The van der Waals surface area contributed by atoms with Gasteiger partial charge >= 0.3 is 5.97 Å². The molecular formula is C21H25BrO4. The maximum Gasteiger partial charge on any atom is 0.310 e. The molecule has 0 saturated carbocycles. The minimum absolute atomic E-state index is 0.158. The van der Waals surface area contributed by atoms with Crippen molar-refractivity contribution in [2.24, 2.45) is 0 Å². The third kappa shape index (κ3) is 6.46. The lowest BCUT2D eigenvalue weighted by Gasteiger charge is -2.20. The van der Waals surface area contributed by atoms with Gasteiger partial charge < -0.3 is 14.6 Å². The first-order valence-corrected chi connectivity index (χ1v) is 9.33. The molecule has 0 aliphatic rings. The lowest BCUT2D eigenvalue weighted by Crippen LogP contribution is -2.25. The minimum Gasteiger partial charge on any atom is -0.489 e. The fourth-order valence-electron chi connectivity index (χ4n) is 2.48. The number of benzene rings is 2. The Hall–Kier alpha value is -1.85. The number of aliphatic hydroxyl groups excluding tert-OH is 1. The molecule has 0 aliphatic carbocycles. The molecule has 4 nitrogen and oxygen atoms in total. The van der Waals surface area contributed by atoms with Crippen molar-refractivity contribution in [3.8, 4) is 5.75 Å². The monoisotopic (exact) mass is 420 g/mol. The predicted molar refractivity (Wildman–Crippen MR) is 105 cm³/mol. The van der Waals surface area contributed by atoms with Crippen LogP contribution in [0.5, 0.6) is 5.75 Å². The highest BCUT2D eigenvalue weighted by Crippen LogP contribution is 2.24. The Morgan fingerprint density at radius 2 is 1.88 bits per heavy atom. The number of carbonyl (C=O) groups is 1. The molecular weight excluding hydrogens is 396 g/mol. The van der Waals surface area contributed by atoms with Crippen LogP contribution in [-0.2, 0) is 22.6 Å². The highest BCUT2D eigenvalue weighted by Gasteiger charge is 2.18. The molecule has 140 valence electrons. The number of rotatable bonds is 6. The number of para-hydroxylation sites is 1. The number of halogens is 1. The standard InChI is InChI=1S/C21H25BrO4/c1-14(23)17-9-15(10-18(22)11-17)13-25-19-8-6-5-7-16(19)12-20(24)26-21(2,3)4/h5-11,14,23H,12-13H2,1-4H3. The van der Waals surface area contributed by atoms with Crippen molar-refractivity contribution < 1.29 is 19.4 Å². The molecule has 2 rings (SSSR count). The van der Waals surface area contributed by atoms with Gasteiger partial charge in [-0.3, -0.25) is 4.79 Å². The van der Waals surface area contributed by atoms with Gasteiger partial charge in [-0.05, 0) is 63.1 Å². The molecule has 1 unspecified atom stereocenters. The minimum atomic E-state index is -0.550. The molecule has 0 aromatic heterocycles. The molecule has 0 amide bonds. The van der Waals surface area contributed by atoms with Crippen LogP contribution in [0, 0.1) is 0 Å². The summed E-state index contributed by atoms with van der Waals surface area (Å²) >= 11 is 3.45. The molecule has 0 radical (unpaired) electrons. The van der Waals surface area contributed by atoms with Crippen molar-refractivity contribution in [1.82, 2.24) is 0 Å². The highest BCUT2D eigenvalue weighted by atomic mass is 79.9. The van der Waals surface area contributed by atoms with E-state index in [4.69, 9.17) is 9.47 Å². The molecule has 0 spiro atoms. The predicted octanol–water partition coefficient (Wildman–Crippen LogP) is 4.97. The fourth-order valence-corrected chi connectivity index (χ4v) is 3.04. The van der Waals surface area contributed by atoms with Crippen LogP contribution in [0.1, 0.15) is 50.5 Å². The second-order valence-corrected chi connectivity index (χ2v) is 8.14. The summed E-state index contributed by atoms with van der Waals surface area (Å²) in [6.07, 6.45) is -0.393. The zero-order valence-electron chi connectivity index (χ0n) is 15.6. The van der Waals surface area contributed by atoms with Gasteiger partial charge in [0.2, 0.25) is 0 Å². The highest BCUT2D eigenvalue weighted by molar-refractivity contribution is 9.10. The average molecular weight is 421 g/mol. The number of hydrogen-bond donors (Lipinski definition) is 1. The third-order valence-electron chi connectivity index (χ3n) is 3.58. The Bertz CT molecular complexity index is 763. The molecule has 2 aromatic rings. The number of hydrogen-bond acceptors (Lipinski definition) is 4. The van der Waals surface area contributed by atoms with Crippen LogP contribution in [0.15, 0.2) is 46.9 Å². The summed E-state index contributed by atoms with van der Waals surface area (Å²) in [6.45, 7) is 7.61. The largest absolute Gasteiger partial charge is 0.489 e. The van der Waals surface area contributed by atoms with Crippen LogP contribution in [-0.4, -0.2) is 16.7 Å². The smallest absolute Gasteiger partial charge is 0.310 e. The van der Waals surface area contributed by atoms with E-state index in [1.165, 1.54) is 0 Å². The van der Waals surface area contributed by atoms with Crippen molar-refractivity contribution in [1.29, 1.82) is 0 Å². The van der Waals surface area contributed by atoms with E-state index in [9.17, 15) is 9.90 Å². The SMILES string of the molecule is CC(O)c1cc(Br)cc(COc2ccccc2CC(=O)OC(C)(C)C)c1. The van der Waals surface area contributed by atoms with Crippen LogP contribution in [0.25, 0.3) is 0 Å². The number of carbonyl (C=O) groups excluding carboxylic acids is 1. The summed E-state index contributed by atoms with van der Waals surface area (Å²) in [5.41, 5.74) is 2.02. The van der Waals surface area contributed by atoms with Gasteiger partial charge in [0.05, 0.1) is 12.5 Å². The van der Waals surface area contributed by atoms with Crippen LogP contribution in [0.2, 0.25) is 0 Å². The van der Waals surface area contributed by atoms with E-state index in [1.54, 1.807) is 6.92 Å². The van der Waals surface area contributed by atoms with Gasteiger partial charge in [0.1, 0.15) is 18.0 Å². The van der Waals surface area contributed by atoms with Gasteiger partial charge in [-0.2, -0.15) is 0 Å². The summed E-state index contributed by atoms with van der Waals surface area (Å²) in [7, 11) is 0. The van der Waals surface area contributed by atoms with Gasteiger partial charge in [-0.15, -0.1) is 0 Å². The summed E-state index contributed by atoms with van der Waals surface area (Å²) in [6, 6.07) is 13.2. The molecule has 0 aliphatic heterocycles. The lowest BCUT2D eigenvalue weighted by atomic mass is 10.1. The normalized spacial score (nSPS) is 12.5. The Kier molecular flexibility index (Phi) is 6.84. The third-order valence-corrected chi connectivity index (χ3v) is 4.04. The van der Waals surface area contributed by atoms with E-state index in [0.717, 1.165) is 21.2 Å². The van der Waals surface area contributed by atoms with Crippen LogP contribution in [0.3, 0.4) is 0 Å². The Morgan fingerprint density at radius 3 is 2.54 bits per heavy atom. The molecule has 0 bridgehead atoms. The molecule has 0 fully saturated rings. The second-order valence-electron chi connectivity index (χ2n) is 7.23. The van der Waals surface area contributed by atoms with Crippen LogP contribution >= 0.6 is 15.9 Å². The lowest BCUT2D eigenvalue weighted by molar-refractivity contribution is -0.153. The molecule has 0 heterocycles. The number of ether oxygens (including phenoxy) is 2. The van der Waals surface area contributed by atoms with Gasteiger partial charge in [-0.1, -0.05) is 34.1 Å². The molecule has 1 atom stereocenters. The Labute approximate surface area is 163 Å². The zero-order valence-corrected chi connectivity index (χ0v) is 17.2. The van der Waals surface area contributed by atoms with Crippen molar-refractivity contribution in [2.45, 2.75) is 52.4 Å². The van der Waals surface area contributed by atoms with Crippen LogP contribution < -0.4 is 4.74 Å². The molecule has 1 N–H and O–H groups in total. The molecule has 0 saturated heterocycles. The first-order chi connectivity index (χ1) is 12.1. The molecule has 2 aromatic carbocycles. The van der Waals surface area contributed by atoms with Gasteiger partial charge in [0.15, 0.2) is 0 Å². The summed E-state index contributed by atoms with van der Waals surface area (Å²) < 4.78 is 12.2. The van der Waals surface area contributed by atoms with E-state index in [-0.39, 0.29) is 12.4 Å². The first-order valence-electron chi connectivity index (χ1n) is 8.54. The zero-order chi connectivity index (χ0) is 19.3.